The van der Waals surface area contributed by atoms with Crippen LogP contribution in [0.2, 0.25) is 0 Å². The molecule has 0 unspecified atom stereocenters. The van der Waals surface area contributed by atoms with Gasteiger partial charge in [-0.3, -0.25) is 24.1 Å². The summed E-state index contributed by atoms with van der Waals surface area (Å²) in [6, 6.07) is 6.85. The standard InChI is InChI=1S/C22H25N5O3/c1-12(2)11-27-19-18(21(29)26-22(27)30)15(10-17(25-19)14-7-8-14)20(28)24-13(3)16-6-4-5-9-23-16/h4-6,9-10,12-14H,7-8,11H2,1-3H3,(H,24,28)(H,26,29,30)/t13-/m0/s1. The van der Waals surface area contributed by atoms with Crippen LogP contribution in [0.25, 0.3) is 11.0 Å². The quantitative estimate of drug-likeness (QED) is 0.652. The summed E-state index contributed by atoms with van der Waals surface area (Å²) in [5.41, 5.74) is 0.883. The number of H-pyrrole nitrogens is 1. The van der Waals surface area contributed by atoms with Crippen molar-refractivity contribution >= 4 is 16.9 Å². The Balaban J connectivity index is 1.85. The van der Waals surface area contributed by atoms with Gasteiger partial charge in [-0.05, 0) is 43.9 Å². The molecule has 1 saturated carbocycles. The zero-order valence-electron chi connectivity index (χ0n) is 17.3. The van der Waals surface area contributed by atoms with Gasteiger partial charge in [0.25, 0.3) is 11.5 Å². The molecule has 156 valence electrons. The van der Waals surface area contributed by atoms with E-state index in [2.05, 4.69) is 20.3 Å². The topological polar surface area (TPSA) is 110 Å². The number of hydrogen-bond acceptors (Lipinski definition) is 5. The molecular weight excluding hydrogens is 382 g/mol. The summed E-state index contributed by atoms with van der Waals surface area (Å²) in [5.74, 6) is 0.0448. The minimum Gasteiger partial charge on any atom is -0.344 e. The van der Waals surface area contributed by atoms with Gasteiger partial charge in [-0.2, -0.15) is 0 Å². The van der Waals surface area contributed by atoms with Crippen molar-refractivity contribution in [2.45, 2.75) is 52.1 Å². The van der Waals surface area contributed by atoms with Crippen molar-refractivity contribution < 1.29 is 4.79 Å². The lowest BCUT2D eigenvalue weighted by Crippen LogP contribution is -2.35. The first-order chi connectivity index (χ1) is 14.3. The van der Waals surface area contributed by atoms with Gasteiger partial charge in [-0.15, -0.1) is 0 Å². The molecule has 8 heteroatoms. The highest BCUT2D eigenvalue weighted by Gasteiger charge is 2.29. The average molecular weight is 407 g/mol. The molecule has 30 heavy (non-hydrogen) atoms. The number of nitrogens with one attached hydrogen (secondary N) is 2. The third-order valence-electron chi connectivity index (χ3n) is 5.24. The lowest BCUT2D eigenvalue weighted by atomic mass is 10.1. The molecule has 2 N–H and O–H groups in total. The van der Waals surface area contributed by atoms with Crippen molar-refractivity contribution in [3.8, 4) is 0 Å². The van der Waals surface area contributed by atoms with Crippen molar-refractivity contribution in [3.05, 3.63) is 68.3 Å². The molecule has 1 atom stereocenters. The number of carbonyl (C=O) groups excluding carboxylic acids is 1. The summed E-state index contributed by atoms with van der Waals surface area (Å²) in [6.45, 7) is 6.20. The molecule has 0 aromatic carbocycles. The molecule has 0 spiro atoms. The molecule has 3 heterocycles. The summed E-state index contributed by atoms with van der Waals surface area (Å²) >= 11 is 0. The van der Waals surface area contributed by atoms with Crippen LogP contribution in [0.15, 0.2) is 40.1 Å². The van der Waals surface area contributed by atoms with E-state index >= 15 is 0 Å². The Labute approximate surface area is 173 Å². The number of aromatic nitrogens is 4. The number of hydrogen-bond donors (Lipinski definition) is 2. The predicted molar refractivity (Wildman–Crippen MR) is 114 cm³/mol. The largest absolute Gasteiger partial charge is 0.344 e. The number of fused-ring (bicyclic) bond motifs is 1. The number of pyridine rings is 2. The third-order valence-corrected chi connectivity index (χ3v) is 5.24. The molecule has 3 aromatic rings. The van der Waals surface area contributed by atoms with Crippen LogP contribution in [-0.4, -0.2) is 25.4 Å². The van der Waals surface area contributed by atoms with E-state index in [0.717, 1.165) is 24.2 Å². The summed E-state index contributed by atoms with van der Waals surface area (Å²) in [5, 5.41) is 3.07. The lowest BCUT2D eigenvalue weighted by Gasteiger charge is -2.17. The van der Waals surface area contributed by atoms with Gasteiger partial charge in [0, 0.05) is 24.4 Å². The zero-order chi connectivity index (χ0) is 21.4. The molecule has 1 aliphatic rings. The first kappa shape index (κ1) is 20.0. The average Bonchev–Trinajstić information content (AvgIpc) is 3.56. The van der Waals surface area contributed by atoms with Gasteiger partial charge in [0.05, 0.1) is 22.7 Å². The fourth-order valence-electron chi connectivity index (χ4n) is 3.58. The van der Waals surface area contributed by atoms with Crippen molar-refractivity contribution in [1.82, 2.24) is 24.8 Å². The fourth-order valence-corrected chi connectivity index (χ4v) is 3.58. The molecular formula is C22H25N5O3. The Morgan fingerprint density at radius 1 is 1.27 bits per heavy atom. The first-order valence-corrected chi connectivity index (χ1v) is 10.2. The fraction of sp³-hybridized carbons (Fsp3) is 0.409. The highest BCUT2D eigenvalue weighted by Crippen LogP contribution is 2.40. The van der Waals surface area contributed by atoms with Crippen molar-refractivity contribution in [3.63, 3.8) is 0 Å². The molecule has 0 bridgehead atoms. The number of nitrogens with zero attached hydrogens (tertiary/aromatic N) is 3. The number of aromatic amines is 1. The second-order valence-corrected chi connectivity index (χ2v) is 8.28. The van der Waals surface area contributed by atoms with Crippen LogP contribution >= 0.6 is 0 Å². The second kappa shape index (κ2) is 7.85. The highest BCUT2D eigenvalue weighted by atomic mass is 16.2. The van der Waals surface area contributed by atoms with Gasteiger partial charge in [-0.25, -0.2) is 9.78 Å². The third kappa shape index (κ3) is 3.90. The molecule has 3 aromatic heterocycles. The van der Waals surface area contributed by atoms with Crippen LogP contribution in [0.3, 0.4) is 0 Å². The van der Waals surface area contributed by atoms with Gasteiger partial charge in [0.2, 0.25) is 0 Å². The SMILES string of the molecule is CC(C)Cn1c(=O)[nH]c(=O)c2c(C(=O)N[C@@H](C)c3ccccn3)cc(C3CC3)nc21. The number of amides is 1. The van der Waals surface area contributed by atoms with Crippen LogP contribution in [0.5, 0.6) is 0 Å². The Morgan fingerprint density at radius 2 is 2.03 bits per heavy atom. The molecule has 1 aliphatic carbocycles. The zero-order valence-corrected chi connectivity index (χ0v) is 17.3. The lowest BCUT2D eigenvalue weighted by molar-refractivity contribution is 0.0940. The normalized spacial score (nSPS) is 14.8. The van der Waals surface area contributed by atoms with Crippen LogP contribution in [-0.2, 0) is 6.54 Å². The molecule has 0 aliphatic heterocycles. The molecule has 0 saturated heterocycles. The maximum Gasteiger partial charge on any atom is 0.330 e. The molecule has 4 rings (SSSR count). The van der Waals surface area contributed by atoms with Crippen LogP contribution in [0, 0.1) is 5.92 Å². The van der Waals surface area contributed by atoms with Crippen LogP contribution in [0.1, 0.15) is 67.3 Å². The maximum atomic E-state index is 13.2. The van der Waals surface area contributed by atoms with Gasteiger partial charge in [-0.1, -0.05) is 19.9 Å². The number of carbonyl (C=O) groups is 1. The van der Waals surface area contributed by atoms with Crippen LogP contribution < -0.4 is 16.6 Å². The van der Waals surface area contributed by atoms with E-state index in [4.69, 9.17) is 0 Å². The van der Waals surface area contributed by atoms with E-state index < -0.39 is 11.2 Å². The molecule has 8 nitrogen and oxygen atoms in total. The van der Waals surface area contributed by atoms with E-state index in [1.165, 1.54) is 4.57 Å². The van der Waals surface area contributed by atoms with Gasteiger partial charge in [0.1, 0.15) is 0 Å². The predicted octanol–water partition coefficient (Wildman–Crippen LogP) is 2.50. The van der Waals surface area contributed by atoms with Crippen molar-refractivity contribution in [1.29, 1.82) is 0 Å². The van der Waals surface area contributed by atoms with E-state index in [9.17, 15) is 14.4 Å². The van der Waals surface area contributed by atoms with E-state index in [1.807, 2.05) is 39.0 Å². The van der Waals surface area contributed by atoms with E-state index in [1.54, 1.807) is 12.3 Å². The minimum atomic E-state index is -0.597. The molecule has 0 radical (unpaired) electrons. The van der Waals surface area contributed by atoms with Gasteiger partial charge >= 0.3 is 5.69 Å². The Bertz CT molecular complexity index is 1210. The van der Waals surface area contributed by atoms with Gasteiger partial charge < -0.3 is 5.32 Å². The summed E-state index contributed by atoms with van der Waals surface area (Å²) in [7, 11) is 0. The van der Waals surface area contributed by atoms with E-state index in [0.29, 0.717) is 6.54 Å². The Morgan fingerprint density at radius 3 is 2.67 bits per heavy atom. The van der Waals surface area contributed by atoms with E-state index in [-0.39, 0.29) is 40.4 Å². The smallest absolute Gasteiger partial charge is 0.330 e. The summed E-state index contributed by atoms with van der Waals surface area (Å²) < 4.78 is 1.46. The van der Waals surface area contributed by atoms with Gasteiger partial charge in [0.15, 0.2) is 5.65 Å². The minimum absolute atomic E-state index is 0.144. The maximum absolute atomic E-state index is 13.2. The van der Waals surface area contributed by atoms with Crippen molar-refractivity contribution in [2.24, 2.45) is 5.92 Å². The highest BCUT2D eigenvalue weighted by molar-refractivity contribution is 6.05. The second-order valence-electron chi connectivity index (χ2n) is 8.28. The number of rotatable bonds is 6. The summed E-state index contributed by atoms with van der Waals surface area (Å²) in [6.07, 6.45) is 3.64. The van der Waals surface area contributed by atoms with Crippen molar-refractivity contribution in [2.75, 3.05) is 0 Å². The first-order valence-electron chi connectivity index (χ1n) is 10.2. The Kier molecular flexibility index (Phi) is 5.24. The summed E-state index contributed by atoms with van der Waals surface area (Å²) in [4.78, 5) is 49.7. The Hall–Kier alpha value is -3.29. The monoisotopic (exact) mass is 407 g/mol. The molecule has 1 fully saturated rings. The molecule has 1 amide bonds. The van der Waals surface area contributed by atoms with Crippen LogP contribution in [0.4, 0.5) is 0 Å².